The Hall–Kier alpha value is -0.640. The molecule has 0 fully saturated rings. The molecule has 10 heteroatoms. The van der Waals surface area contributed by atoms with Crippen LogP contribution in [0.15, 0.2) is 0 Å². The highest BCUT2D eigenvalue weighted by Gasteiger charge is 2.66. The summed E-state index contributed by atoms with van der Waals surface area (Å²) in [6.45, 7) is -0.526. The van der Waals surface area contributed by atoms with Crippen molar-refractivity contribution in [3.63, 3.8) is 0 Å². The minimum absolute atomic E-state index is 0.263. The van der Waals surface area contributed by atoms with E-state index in [2.05, 4.69) is 9.47 Å². The number of hydrogen-bond acceptors (Lipinski definition) is 2. The SMILES string of the molecule is CC(F)(F)OC(F)(F)C(F)(F)OC(C)(F)F. The summed E-state index contributed by atoms with van der Waals surface area (Å²) in [6.07, 6.45) is -21.1. The molecule has 0 aromatic carbocycles. The summed E-state index contributed by atoms with van der Waals surface area (Å²) >= 11 is 0. The molecule has 0 rings (SSSR count). The molecule has 0 aliphatic carbocycles. The van der Waals surface area contributed by atoms with Gasteiger partial charge in [-0.05, 0) is 0 Å². The second kappa shape index (κ2) is 3.99. The van der Waals surface area contributed by atoms with Crippen molar-refractivity contribution in [3.8, 4) is 0 Å². The summed E-state index contributed by atoms with van der Waals surface area (Å²) in [5.74, 6) is 0. The molecule has 0 spiro atoms. The highest BCUT2D eigenvalue weighted by Crippen LogP contribution is 2.42. The van der Waals surface area contributed by atoms with Crippen molar-refractivity contribution in [1.29, 1.82) is 0 Å². The fourth-order valence-electron chi connectivity index (χ4n) is 0.569. The number of halogens is 8. The minimum atomic E-state index is -5.90. The lowest BCUT2D eigenvalue weighted by molar-refractivity contribution is -0.508. The first-order valence-electron chi connectivity index (χ1n) is 3.58. The fourth-order valence-corrected chi connectivity index (χ4v) is 0.569. The number of hydrogen-bond donors (Lipinski definition) is 0. The van der Waals surface area contributed by atoms with Crippen LogP contribution in [-0.4, -0.2) is 24.4 Å². The van der Waals surface area contributed by atoms with Crippen LogP contribution in [0.5, 0.6) is 0 Å². The molecule has 0 aromatic heterocycles. The molecule has 0 unspecified atom stereocenters. The van der Waals surface area contributed by atoms with Gasteiger partial charge in [-0.1, -0.05) is 0 Å². The Morgan fingerprint density at radius 1 is 0.562 bits per heavy atom. The van der Waals surface area contributed by atoms with Crippen LogP contribution >= 0.6 is 0 Å². The van der Waals surface area contributed by atoms with E-state index in [0.717, 1.165) is 0 Å². The monoisotopic (exact) mass is 262 g/mol. The predicted molar refractivity (Wildman–Crippen MR) is 33.3 cm³/mol. The molecule has 0 bridgehead atoms. The normalized spacial score (nSPS) is 15.4. The molecule has 16 heavy (non-hydrogen) atoms. The second-order valence-electron chi connectivity index (χ2n) is 2.85. The van der Waals surface area contributed by atoms with Crippen molar-refractivity contribution in [3.05, 3.63) is 0 Å². The van der Waals surface area contributed by atoms with Crippen molar-refractivity contribution >= 4 is 0 Å². The van der Waals surface area contributed by atoms with Crippen LogP contribution in [0.1, 0.15) is 13.8 Å². The van der Waals surface area contributed by atoms with Crippen LogP contribution in [0.25, 0.3) is 0 Å². The molecule has 98 valence electrons. The van der Waals surface area contributed by atoms with Gasteiger partial charge in [-0.15, -0.1) is 0 Å². The lowest BCUT2D eigenvalue weighted by Gasteiger charge is -2.29. The zero-order chi connectivity index (χ0) is 13.4. The molecule has 2 nitrogen and oxygen atoms in total. The van der Waals surface area contributed by atoms with Crippen molar-refractivity contribution in [2.24, 2.45) is 0 Å². The van der Waals surface area contributed by atoms with E-state index in [1.807, 2.05) is 0 Å². The molecular formula is C6H6F8O2. The molecule has 0 amide bonds. The van der Waals surface area contributed by atoms with Gasteiger partial charge >= 0.3 is 24.4 Å². The zero-order valence-corrected chi connectivity index (χ0v) is 7.84. The van der Waals surface area contributed by atoms with Gasteiger partial charge in [0.05, 0.1) is 0 Å². The smallest absolute Gasteiger partial charge is 0.248 e. The Morgan fingerprint density at radius 3 is 0.875 bits per heavy atom. The first-order valence-corrected chi connectivity index (χ1v) is 3.58. The van der Waals surface area contributed by atoms with Crippen molar-refractivity contribution < 1.29 is 44.6 Å². The Bertz CT molecular complexity index is 214. The first-order chi connectivity index (χ1) is 6.66. The average molecular weight is 262 g/mol. The summed E-state index contributed by atoms with van der Waals surface area (Å²) in [6, 6.07) is 0. The van der Waals surface area contributed by atoms with Crippen LogP contribution in [0.2, 0.25) is 0 Å². The molecule has 0 heterocycles. The summed E-state index contributed by atoms with van der Waals surface area (Å²) in [5, 5.41) is 0. The second-order valence-corrected chi connectivity index (χ2v) is 2.85. The van der Waals surface area contributed by atoms with Gasteiger partial charge in [0.15, 0.2) is 0 Å². The Kier molecular flexibility index (Phi) is 3.83. The predicted octanol–water partition coefficient (Wildman–Crippen LogP) is 3.43. The summed E-state index contributed by atoms with van der Waals surface area (Å²) < 4.78 is 102. The Balaban J connectivity index is 4.85. The maximum atomic E-state index is 12.3. The zero-order valence-electron chi connectivity index (χ0n) is 7.84. The molecule has 0 saturated heterocycles. The topological polar surface area (TPSA) is 18.5 Å². The van der Waals surface area contributed by atoms with Gasteiger partial charge in [0.1, 0.15) is 0 Å². The van der Waals surface area contributed by atoms with Gasteiger partial charge in [-0.3, -0.25) is 0 Å². The van der Waals surface area contributed by atoms with Crippen molar-refractivity contribution in [1.82, 2.24) is 0 Å². The van der Waals surface area contributed by atoms with Gasteiger partial charge in [0.2, 0.25) is 0 Å². The van der Waals surface area contributed by atoms with E-state index in [4.69, 9.17) is 0 Å². The van der Waals surface area contributed by atoms with E-state index in [1.54, 1.807) is 0 Å². The van der Waals surface area contributed by atoms with E-state index in [-0.39, 0.29) is 13.8 Å². The van der Waals surface area contributed by atoms with E-state index >= 15 is 0 Å². The standard InChI is InChI=1S/C6H6F8O2/c1-3(7,8)15-5(11,12)6(13,14)16-4(2,9)10/h1-2H3. The minimum Gasteiger partial charge on any atom is -0.248 e. The molecule has 0 aliphatic rings. The van der Waals surface area contributed by atoms with Gasteiger partial charge in [-0.25, -0.2) is 9.47 Å². The average Bonchev–Trinajstić information content (AvgIpc) is 1.72. The highest BCUT2D eigenvalue weighted by molar-refractivity contribution is 4.69. The van der Waals surface area contributed by atoms with Crippen LogP contribution < -0.4 is 0 Å². The highest BCUT2D eigenvalue weighted by atomic mass is 19.3. The lowest BCUT2D eigenvalue weighted by Crippen LogP contribution is -2.50. The fraction of sp³-hybridized carbons (Fsp3) is 1.00. The molecule has 0 atom stereocenters. The van der Waals surface area contributed by atoms with Gasteiger partial charge in [0.25, 0.3) is 0 Å². The Labute approximate surface area is 84.1 Å². The first kappa shape index (κ1) is 15.4. The summed E-state index contributed by atoms with van der Waals surface area (Å²) in [4.78, 5) is 0. The molecular weight excluding hydrogens is 256 g/mol. The molecule has 0 radical (unpaired) electrons. The van der Waals surface area contributed by atoms with E-state index in [9.17, 15) is 35.1 Å². The molecule has 0 aromatic rings. The number of alkyl halides is 8. The van der Waals surface area contributed by atoms with Crippen LogP contribution in [0.4, 0.5) is 35.1 Å². The number of ether oxygens (including phenoxy) is 2. The van der Waals surface area contributed by atoms with Crippen LogP contribution in [0, 0.1) is 0 Å². The van der Waals surface area contributed by atoms with Gasteiger partial charge in [0, 0.05) is 13.8 Å². The summed E-state index contributed by atoms with van der Waals surface area (Å²) in [7, 11) is 0. The molecule has 0 N–H and O–H groups in total. The lowest BCUT2D eigenvalue weighted by atomic mass is 10.5. The maximum absolute atomic E-state index is 12.3. The van der Waals surface area contributed by atoms with E-state index in [1.165, 1.54) is 0 Å². The maximum Gasteiger partial charge on any atom is 0.453 e. The van der Waals surface area contributed by atoms with Gasteiger partial charge in [-0.2, -0.15) is 35.1 Å². The summed E-state index contributed by atoms with van der Waals surface area (Å²) in [5.41, 5.74) is 0. The van der Waals surface area contributed by atoms with Crippen molar-refractivity contribution in [2.45, 2.75) is 38.3 Å². The molecule has 0 aliphatic heterocycles. The third-order valence-corrected chi connectivity index (χ3v) is 0.954. The third kappa shape index (κ3) is 4.92. The van der Waals surface area contributed by atoms with Crippen LogP contribution in [-0.2, 0) is 9.47 Å². The Morgan fingerprint density at radius 2 is 0.750 bits per heavy atom. The quantitative estimate of drug-likeness (QED) is 0.706. The van der Waals surface area contributed by atoms with Gasteiger partial charge < -0.3 is 0 Å². The number of rotatable bonds is 5. The van der Waals surface area contributed by atoms with Crippen molar-refractivity contribution in [2.75, 3.05) is 0 Å². The third-order valence-electron chi connectivity index (χ3n) is 0.954. The van der Waals surface area contributed by atoms with E-state index < -0.39 is 24.4 Å². The molecule has 0 saturated carbocycles. The largest absolute Gasteiger partial charge is 0.453 e. The van der Waals surface area contributed by atoms with Crippen LogP contribution in [0.3, 0.4) is 0 Å². The van der Waals surface area contributed by atoms with E-state index in [0.29, 0.717) is 0 Å².